The summed E-state index contributed by atoms with van der Waals surface area (Å²) in [5, 5.41) is 10.8. The second-order valence-corrected chi connectivity index (χ2v) is 6.37. The molecule has 2 heterocycles. The Balaban J connectivity index is 1.80. The summed E-state index contributed by atoms with van der Waals surface area (Å²) < 4.78 is 0. The van der Waals surface area contributed by atoms with Crippen molar-refractivity contribution < 1.29 is 9.90 Å². The highest BCUT2D eigenvalue weighted by atomic mass is 16.3. The number of fused-ring (bicyclic) bond motifs is 2. The number of amides is 1. The summed E-state index contributed by atoms with van der Waals surface area (Å²) in [6, 6.07) is 8.30. The molecule has 1 aromatic rings. The lowest BCUT2D eigenvalue weighted by Crippen LogP contribution is -2.52. The average molecular weight is 283 g/mol. The van der Waals surface area contributed by atoms with Gasteiger partial charge in [0.15, 0.2) is 0 Å². The summed E-state index contributed by atoms with van der Waals surface area (Å²) in [4.78, 5) is 13.6. The zero-order chi connectivity index (χ0) is 15.0. The second kappa shape index (κ2) is 5.20. The minimum absolute atomic E-state index is 0.121. The molecule has 3 nitrogen and oxygen atoms in total. The quantitative estimate of drug-likeness (QED) is 0.742. The fraction of sp³-hybridized carbons (Fsp3) is 0.500. The van der Waals surface area contributed by atoms with Gasteiger partial charge in [-0.25, -0.2) is 0 Å². The van der Waals surface area contributed by atoms with E-state index < -0.39 is 5.60 Å². The number of hydrogen-bond acceptors (Lipinski definition) is 2. The smallest absolute Gasteiger partial charge is 0.219 e. The summed E-state index contributed by atoms with van der Waals surface area (Å²) in [5.41, 5.74) is 1.15. The van der Waals surface area contributed by atoms with Crippen LogP contribution in [0.1, 0.15) is 43.7 Å². The van der Waals surface area contributed by atoms with Gasteiger partial charge in [0.2, 0.25) is 5.91 Å². The molecule has 2 saturated heterocycles. The molecule has 1 amide bonds. The number of carbonyl (C=O) groups excluding carboxylic acids is 1. The Bertz CT molecular complexity index is 612. The largest absolute Gasteiger partial charge is 0.377 e. The number of piperidine rings is 1. The van der Waals surface area contributed by atoms with Crippen LogP contribution in [0.25, 0.3) is 0 Å². The predicted octanol–water partition coefficient (Wildman–Crippen LogP) is 2.25. The molecule has 2 bridgehead atoms. The fourth-order valence-electron chi connectivity index (χ4n) is 3.75. The minimum atomic E-state index is -0.957. The fourth-order valence-corrected chi connectivity index (χ4v) is 3.75. The number of aryl methyl sites for hydroxylation is 1. The molecule has 0 radical (unpaired) electrons. The molecular weight excluding hydrogens is 262 g/mol. The molecule has 1 aromatic carbocycles. The highest BCUT2D eigenvalue weighted by molar-refractivity contribution is 5.74. The van der Waals surface area contributed by atoms with Crippen LogP contribution in [0.4, 0.5) is 0 Å². The van der Waals surface area contributed by atoms with Gasteiger partial charge in [0, 0.05) is 37.4 Å². The van der Waals surface area contributed by atoms with Gasteiger partial charge in [0.05, 0.1) is 0 Å². The van der Waals surface area contributed by atoms with Crippen LogP contribution in [0.5, 0.6) is 0 Å². The molecule has 0 saturated carbocycles. The molecule has 3 rings (SSSR count). The third-order valence-electron chi connectivity index (χ3n) is 4.59. The zero-order valence-corrected chi connectivity index (χ0v) is 12.6. The van der Waals surface area contributed by atoms with Crippen LogP contribution < -0.4 is 0 Å². The second-order valence-electron chi connectivity index (χ2n) is 6.37. The van der Waals surface area contributed by atoms with Crippen LogP contribution in [0, 0.1) is 18.8 Å². The summed E-state index contributed by atoms with van der Waals surface area (Å²) in [5.74, 6) is 6.30. The Morgan fingerprint density at radius 3 is 2.57 bits per heavy atom. The summed E-state index contributed by atoms with van der Waals surface area (Å²) in [6.45, 7) is 3.65. The maximum Gasteiger partial charge on any atom is 0.219 e. The van der Waals surface area contributed by atoms with E-state index in [-0.39, 0.29) is 18.0 Å². The number of aliphatic hydroxyl groups is 1. The van der Waals surface area contributed by atoms with Crippen molar-refractivity contribution in [3.8, 4) is 11.8 Å². The SMILES string of the molecule is CC(=O)N1[C@@H]2CC[C@H]1CC(O)(C#Cc1cccc(C)c1)C2. The molecule has 0 aromatic heterocycles. The molecule has 1 N–H and O–H groups in total. The number of benzene rings is 1. The summed E-state index contributed by atoms with van der Waals surface area (Å²) in [7, 11) is 0. The van der Waals surface area contributed by atoms with E-state index in [0.29, 0.717) is 12.8 Å². The molecule has 3 atom stereocenters. The summed E-state index contributed by atoms with van der Waals surface area (Å²) in [6.07, 6.45) is 3.11. The number of carbonyl (C=O) groups is 1. The molecule has 110 valence electrons. The Kier molecular flexibility index (Phi) is 3.51. The first kappa shape index (κ1) is 14.2. The van der Waals surface area contributed by atoms with E-state index >= 15 is 0 Å². The van der Waals surface area contributed by atoms with Gasteiger partial charge in [-0.3, -0.25) is 4.79 Å². The first-order valence-corrected chi connectivity index (χ1v) is 7.58. The maximum atomic E-state index is 11.7. The lowest BCUT2D eigenvalue weighted by Gasteiger charge is -2.41. The molecule has 2 fully saturated rings. The van der Waals surface area contributed by atoms with Gasteiger partial charge in [-0.1, -0.05) is 24.0 Å². The molecule has 2 aliphatic heterocycles. The molecule has 0 spiro atoms. The van der Waals surface area contributed by atoms with Gasteiger partial charge < -0.3 is 10.0 Å². The van der Waals surface area contributed by atoms with Crippen LogP contribution in [0.15, 0.2) is 24.3 Å². The molecular formula is C18H21NO2. The van der Waals surface area contributed by atoms with Crippen LogP contribution >= 0.6 is 0 Å². The van der Waals surface area contributed by atoms with Gasteiger partial charge >= 0.3 is 0 Å². The van der Waals surface area contributed by atoms with Crippen LogP contribution in [-0.2, 0) is 4.79 Å². The first-order chi connectivity index (χ1) is 9.97. The van der Waals surface area contributed by atoms with E-state index in [4.69, 9.17) is 0 Å². The van der Waals surface area contributed by atoms with Crippen molar-refractivity contribution in [1.82, 2.24) is 4.90 Å². The number of rotatable bonds is 0. The Labute approximate surface area is 126 Å². The lowest BCUT2D eigenvalue weighted by molar-refractivity contribution is -0.136. The molecule has 3 heteroatoms. The average Bonchev–Trinajstić information content (AvgIpc) is 2.71. The standard InChI is InChI=1S/C18H21NO2/c1-13-4-3-5-15(10-13)8-9-18(21)11-16-6-7-17(12-18)19(16)14(2)20/h3-5,10,16-17,21H,6-7,11-12H2,1-2H3/t16-,17+,18?. The van der Waals surface area contributed by atoms with Gasteiger partial charge in [-0.15, -0.1) is 0 Å². The van der Waals surface area contributed by atoms with E-state index in [1.165, 1.54) is 5.56 Å². The first-order valence-electron chi connectivity index (χ1n) is 7.58. The van der Waals surface area contributed by atoms with Crippen molar-refractivity contribution >= 4 is 5.91 Å². The van der Waals surface area contributed by atoms with Crippen molar-refractivity contribution in [2.45, 2.75) is 57.2 Å². The maximum absolute atomic E-state index is 11.7. The van der Waals surface area contributed by atoms with Gasteiger partial charge in [0.1, 0.15) is 5.60 Å². The minimum Gasteiger partial charge on any atom is -0.377 e. The van der Waals surface area contributed by atoms with Crippen LogP contribution in [-0.4, -0.2) is 33.6 Å². The van der Waals surface area contributed by atoms with Crippen molar-refractivity contribution in [2.75, 3.05) is 0 Å². The number of hydrogen-bond donors (Lipinski definition) is 1. The Hall–Kier alpha value is -1.79. The van der Waals surface area contributed by atoms with Crippen molar-refractivity contribution in [1.29, 1.82) is 0 Å². The van der Waals surface area contributed by atoms with Crippen molar-refractivity contribution in [2.24, 2.45) is 0 Å². The highest BCUT2D eigenvalue weighted by Crippen LogP contribution is 2.40. The number of nitrogens with zero attached hydrogens (tertiary/aromatic N) is 1. The van der Waals surface area contributed by atoms with E-state index in [0.717, 1.165) is 18.4 Å². The monoisotopic (exact) mass is 283 g/mol. The van der Waals surface area contributed by atoms with Gasteiger partial charge in [0.25, 0.3) is 0 Å². The topological polar surface area (TPSA) is 40.5 Å². The van der Waals surface area contributed by atoms with Gasteiger partial charge in [-0.05, 0) is 37.5 Å². The Morgan fingerprint density at radius 1 is 1.33 bits per heavy atom. The predicted molar refractivity (Wildman–Crippen MR) is 81.6 cm³/mol. The van der Waals surface area contributed by atoms with E-state index in [1.807, 2.05) is 36.1 Å². The third-order valence-corrected chi connectivity index (χ3v) is 4.59. The summed E-state index contributed by atoms with van der Waals surface area (Å²) >= 11 is 0. The molecule has 1 unspecified atom stereocenters. The van der Waals surface area contributed by atoms with E-state index in [9.17, 15) is 9.90 Å². The normalized spacial score (nSPS) is 30.7. The van der Waals surface area contributed by atoms with Gasteiger partial charge in [-0.2, -0.15) is 0 Å². The van der Waals surface area contributed by atoms with E-state index in [1.54, 1.807) is 6.92 Å². The highest BCUT2D eigenvalue weighted by Gasteiger charge is 2.47. The molecule has 0 aliphatic carbocycles. The van der Waals surface area contributed by atoms with Crippen molar-refractivity contribution in [3.63, 3.8) is 0 Å². The van der Waals surface area contributed by atoms with Crippen LogP contribution in [0.2, 0.25) is 0 Å². The van der Waals surface area contributed by atoms with Crippen molar-refractivity contribution in [3.05, 3.63) is 35.4 Å². The van der Waals surface area contributed by atoms with E-state index in [2.05, 4.69) is 11.8 Å². The third kappa shape index (κ3) is 2.82. The molecule has 2 aliphatic rings. The lowest BCUT2D eigenvalue weighted by atomic mass is 9.86. The molecule has 21 heavy (non-hydrogen) atoms. The van der Waals surface area contributed by atoms with Crippen LogP contribution in [0.3, 0.4) is 0 Å². The zero-order valence-electron chi connectivity index (χ0n) is 12.6. The Morgan fingerprint density at radius 2 is 2.00 bits per heavy atom.